The summed E-state index contributed by atoms with van der Waals surface area (Å²) in [6.45, 7) is 2.03. The van der Waals surface area contributed by atoms with Gasteiger partial charge in [0, 0.05) is 10.5 Å². The van der Waals surface area contributed by atoms with Crippen LogP contribution in [0.2, 0.25) is 5.02 Å². The molecule has 0 aliphatic heterocycles. The molecule has 0 aromatic heterocycles. The van der Waals surface area contributed by atoms with E-state index in [1.807, 2.05) is 31.2 Å². The van der Waals surface area contributed by atoms with Crippen molar-refractivity contribution in [3.8, 4) is 0 Å². The number of esters is 1. The molecule has 0 radical (unpaired) electrons. The maximum atomic E-state index is 11.6. The van der Waals surface area contributed by atoms with E-state index in [9.17, 15) is 4.79 Å². The summed E-state index contributed by atoms with van der Waals surface area (Å²) in [6, 6.07) is 13.1. The average molecular weight is 369 g/mol. The predicted octanol–water partition coefficient (Wildman–Crippen LogP) is 5.06. The van der Waals surface area contributed by atoms with Crippen LogP contribution in [0.1, 0.15) is 28.9 Å². The number of benzene rings is 2. The third kappa shape index (κ3) is 3.99. The van der Waals surface area contributed by atoms with Crippen LogP contribution in [0.5, 0.6) is 0 Å². The normalized spacial score (nSPS) is 11.8. The quantitative estimate of drug-likeness (QED) is 0.766. The van der Waals surface area contributed by atoms with E-state index in [-0.39, 0.29) is 12.0 Å². The van der Waals surface area contributed by atoms with Crippen LogP contribution >= 0.6 is 27.5 Å². The first-order valence-electron chi connectivity index (χ1n) is 6.41. The van der Waals surface area contributed by atoms with Gasteiger partial charge in [-0.3, -0.25) is 0 Å². The van der Waals surface area contributed by atoms with Crippen LogP contribution in [0.15, 0.2) is 46.9 Å². The summed E-state index contributed by atoms with van der Waals surface area (Å²) in [6.07, 6.45) is 0. The summed E-state index contributed by atoms with van der Waals surface area (Å²) in [7, 11) is 1.36. The SMILES string of the molecule is COC(=O)c1ccc(Cl)c(NC(C)c2cccc(Br)c2)c1. The molecule has 2 rings (SSSR count). The van der Waals surface area contributed by atoms with Crippen molar-refractivity contribution in [1.82, 2.24) is 0 Å². The van der Waals surface area contributed by atoms with Crippen molar-refractivity contribution >= 4 is 39.2 Å². The Morgan fingerprint density at radius 3 is 2.71 bits per heavy atom. The highest BCUT2D eigenvalue weighted by atomic mass is 79.9. The summed E-state index contributed by atoms with van der Waals surface area (Å²) in [5, 5.41) is 3.87. The largest absolute Gasteiger partial charge is 0.465 e. The standard InChI is InChI=1S/C16H15BrClNO2/c1-10(11-4-3-5-13(17)8-11)19-15-9-12(16(20)21-2)6-7-14(15)18/h3-10,19H,1-2H3. The Labute approximate surface area is 137 Å². The zero-order valence-electron chi connectivity index (χ0n) is 11.7. The average Bonchev–Trinajstić information content (AvgIpc) is 2.48. The van der Waals surface area contributed by atoms with Gasteiger partial charge in [0.05, 0.1) is 23.4 Å². The number of rotatable bonds is 4. The predicted molar refractivity (Wildman–Crippen MR) is 89.0 cm³/mol. The summed E-state index contributed by atoms with van der Waals surface area (Å²) in [5.41, 5.74) is 2.28. The van der Waals surface area contributed by atoms with Gasteiger partial charge in [-0.25, -0.2) is 4.79 Å². The smallest absolute Gasteiger partial charge is 0.337 e. The second kappa shape index (κ2) is 6.96. The van der Waals surface area contributed by atoms with Gasteiger partial charge in [0.25, 0.3) is 0 Å². The molecule has 2 aromatic rings. The lowest BCUT2D eigenvalue weighted by Crippen LogP contribution is -2.08. The fourth-order valence-corrected chi connectivity index (χ4v) is 2.56. The van der Waals surface area contributed by atoms with Crippen molar-refractivity contribution in [1.29, 1.82) is 0 Å². The molecule has 0 aliphatic carbocycles. The molecule has 3 nitrogen and oxygen atoms in total. The van der Waals surface area contributed by atoms with Gasteiger partial charge < -0.3 is 10.1 Å². The Bertz CT molecular complexity index is 660. The number of carbonyl (C=O) groups is 1. The van der Waals surface area contributed by atoms with Crippen LogP contribution < -0.4 is 5.32 Å². The third-order valence-corrected chi connectivity index (χ3v) is 3.93. The van der Waals surface area contributed by atoms with Gasteiger partial charge >= 0.3 is 5.97 Å². The summed E-state index contributed by atoms with van der Waals surface area (Å²) in [5.74, 6) is -0.384. The number of ether oxygens (including phenoxy) is 1. The Morgan fingerprint density at radius 1 is 1.29 bits per heavy atom. The van der Waals surface area contributed by atoms with E-state index in [0.717, 1.165) is 10.0 Å². The van der Waals surface area contributed by atoms with E-state index < -0.39 is 0 Å². The van der Waals surface area contributed by atoms with Gasteiger partial charge in [-0.05, 0) is 42.8 Å². The molecule has 0 saturated carbocycles. The van der Waals surface area contributed by atoms with E-state index in [1.165, 1.54) is 7.11 Å². The lowest BCUT2D eigenvalue weighted by molar-refractivity contribution is 0.0601. The Balaban J connectivity index is 2.24. The van der Waals surface area contributed by atoms with E-state index in [0.29, 0.717) is 16.3 Å². The fourth-order valence-electron chi connectivity index (χ4n) is 1.97. The molecule has 1 N–H and O–H groups in total. The highest BCUT2D eigenvalue weighted by molar-refractivity contribution is 9.10. The van der Waals surface area contributed by atoms with Crippen LogP contribution in [0.4, 0.5) is 5.69 Å². The summed E-state index contributed by atoms with van der Waals surface area (Å²) >= 11 is 9.64. The topological polar surface area (TPSA) is 38.3 Å². The monoisotopic (exact) mass is 367 g/mol. The van der Waals surface area contributed by atoms with Crippen LogP contribution in [-0.2, 0) is 4.74 Å². The number of nitrogens with one attached hydrogen (secondary N) is 1. The number of anilines is 1. The number of halogens is 2. The first-order chi connectivity index (χ1) is 10.0. The Morgan fingerprint density at radius 2 is 2.05 bits per heavy atom. The Kier molecular flexibility index (Phi) is 5.26. The van der Waals surface area contributed by atoms with Crippen molar-refractivity contribution in [2.75, 3.05) is 12.4 Å². The lowest BCUT2D eigenvalue weighted by atomic mass is 10.1. The molecule has 1 atom stereocenters. The highest BCUT2D eigenvalue weighted by Gasteiger charge is 2.12. The zero-order valence-corrected chi connectivity index (χ0v) is 14.0. The first kappa shape index (κ1) is 15.9. The van der Waals surface area contributed by atoms with Crippen molar-refractivity contribution < 1.29 is 9.53 Å². The maximum Gasteiger partial charge on any atom is 0.337 e. The van der Waals surface area contributed by atoms with Crippen molar-refractivity contribution in [3.63, 3.8) is 0 Å². The van der Waals surface area contributed by atoms with Crippen LogP contribution in [0, 0.1) is 0 Å². The molecule has 0 heterocycles. The van der Waals surface area contributed by atoms with Crippen LogP contribution in [-0.4, -0.2) is 13.1 Å². The number of hydrogen-bond donors (Lipinski definition) is 1. The second-order valence-corrected chi connectivity index (χ2v) is 5.93. The van der Waals surface area contributed by atoms with E-state index >= 15 is 0 Å². The maximum absolute atomic E-state index is 11.6. The van der Waals surface area contributed by atoms with Gasteiger partial charge in [0.1, 0.15) is 0 Å². The minimum absolute atomic E-state index is 0.0490. The number of hydrogen-bond acceptors (Lipinski definition) is 3. The van der Waals surface area contributed by atoms with E-state index in [4.69, 9.17) is 16.3 Å². The second-order valence-electron chi connectivity index (χ2n) is 4.61. The molecule has 0 aliphatic rings. The molecule has 0 saturated heterocycles. The van der Waals surface area contributed by atoms with E-state index in [1.54, 1.807) is 18.2 Å². The molecule has 1 unspecified atom stereocenters. The van der Waals surface area contributed by atoms with Gasteiger partial charge in [-0.1, -0.05) is 39.7 Å². The highest BCUT2D eigenvalue weighted by Crippen LogP contribution is 2.28. The molecule has 2 aromatic carbocycles. The van der Waals surface area contributed by atoms with Gasteiger partial charge in [0.15, 0.2) is 0 Å². The van der Waals surface area contributed by atoms with Crippen molar-refractivity contribution in [3.05, 3.63) is 63.1 Å². The molecular formula is C16H15BrClNO2. The molecule has 21 heavy (non-hydrogen) atoms. The molecule has 0 spiro atoms. The molecule has 0 bridgehead atoms. The number of methoxy groups -OCH3 is 1. The zero-order chi connectivity index (χ0) is 15.4. The van der Waals surface area contributed by atoms with Crippen molar-refractivity contribution in [2.24, 2.45) is 0 Å². The Hall–Kier alpha value is -1.52. The molecule has 0 amide bonds. The van der Waals surface area contributed by atoms with E-state index in [2.05, 4.69) is 21.2 Å². The molecular weight excluding hydrogens is 354 g/mol. The summed E-state index contributed by atoms with van der Waals surface area (Å²) < 4.78 is 5.74. The minimum atomic E-state index is -0.384. The lowest BCUT2D eigenvalue weighted by Gasteiger charge is -2.17. The fraction of sp³-hybridized carbons (Fsp3) is 0.188. The number of carbonyl (C=O) groups excluding carboxylic acids is 1. The van der Waals surface area contributed by atoms with Gasteiger partial charge in [-0.15, -0.1) is 0 Å². The summed E-state index contributed by atoms with van der Waals surface area (Å²) in [4.78, 5) is 11.6. The van der Waals surface area contributed by atoms with Crippen molar-refractivity contribution in [2.45, 2.75) is 13.0 Å². The first-order valence-corrected chi connectivity index (χ1v) is 7.58. The molecule has 0 fully saturated rings. The van der Waals surface area contributed by atoms with Gasteiger partial charge in [-0.2, -0.15) is 0 Å². The van der Waals surface area contributed by atoms with Crippen LogP contribution in [0.25, 0.3) is 0 Å². The molecule has 110 valence electrons. The minimum Gasteiger partial charge on any atom is -0.465 e. The third-order valence-electron chi connectivity index (χ3n) is 3.11. The van der Waals surface area contributed by atoms with Crippen LogP contribution in [0.3, 0.4) is 0 Å². The van der Waals surface area contributed by atoms with Gasteiger partial charge in [0.2, 0.25) is 0 Å². The molecule has 5 heteroatoms.